The Kier molecular flexibility index (Phi) is 12.3. The molecule has 252 valence electrons. The van der Waals surface area contributed by atoms with E-state index in [0.717, 1.165) is 16.7 Å². The van der Waals surface area contributed by atoms with Gasteiger partial charge in [-0.1, -0.05) is 78.9 Å². The van der Waals surface area contributed by atoms with Crippen molar-refractivity contribution in [1.29, 1.82) is 0 Å². The average molecular weight is 651 g/mol. The van der Waals surface area contributed by atoms with Crippen molar-refractivity contribution in [2.45, 2.75) is 70.2 Å². The molecule has 1 aliphatic heterocycles. The molecule has 2 amide bonds. The Labute approximate surface area is 283 Å². The van der Waals surface area contributed by atoms with Crippen LogP contribution in [0.3, 0.4) is 0 Å². The Morgan fingerprint density at radius 3 is 2.25 bits per heavy atom. The molecule has 4 aromatic carbocycles. The molecule has 4 aromatic rings. The quantitative estimate of drug-likeness (QED) is 0.0845. The topological polar surface area (TPSA) is 126 Å². The maximum Gasteiger partial charge on any atom is 0.224 e. The van der Waals surface area contributed by atoms with Gasteiger partial charge in [-0.05, 0) is 67.8 Å². The smallest absolute Gasteiger partial charge is 0.224 e. The number of nitrogen functional groups attached to an aromatic ring is 1. The van der Waals surface area contributed by atoms with Gasteiger partial charge in [0.15, 0.2) is 6.29 Å². The van der Waals surface area contributed by atoms with Gasteiger partial charge in [0, 0.05) is 43.1 Å². The van der Waals surface area contributed by atoms with Crippen molar-refractivity contribution in [3.05, 3.63) is 125 Å². The molecule has 0 spiro atoms. The van der Waals surface area contributed by atoms with E-state index in [0.29, 0.717) is 55.7 Å². The van der Waals surface area contributed by atoms with Crippen LogP contribution < -0.4 is 16.4 Å². The number of amides is 2. The van der Waals surface area contributed by atoms with Crippen molar-refractivity contribution in [2.75, 3.05) is 30.0 Å². The lowest BCUT2D eigenvalue weighted by atomic mass is 9.99. The summed E-state index contributed by atoms with van der Waals surface area (Å²) in [5.41, 5.74) is 11.6. The van der Waals surface area contributed by atoms with Crippen molar-refractivity contribution in [2.24, 2.45) is 0 Å². The fourth-order valence-corrected chi connectivity index (χ4v) is 5.88. The van der Waals surface area contributed by atoms with E-state index in [1.54, 1.807) is 12.1 Å². The first-order valence-corrected chi connectivity index (χ1v) is 16.6. The monoisotopic (exact) mass is 650 g/mol. The molecular formula is C39H46N4O5. The second kappa shape index (κ2) is 17.0. The summed E-state index contributed by atoms with van der Waals surface area (Å²) in [4.78, 5) is 27.4. The zero-order chi connectivity index (χ0) is 33.9. The number of ether oxygens (including phenoxy) is 2. The van der Waals surface area contributed by atoms with Crippen LogP contribution in [0.25, 0.3) is 0 Å². The van der Waals surface area contributed by atoms with Crippen LogP contribution in [0.4, 0.5) is 17.1 Å². The lowest BCUT2D eigenvalue weighted by Crippen LogP contribution is -2.38. The van der Waals surface area contributed by atoms with Gasteiger partial charge in [-0.2, -0.15) is 0 Å². The first-order chi connectivity index (χ1) is 23.3. The van der Waals surface area contributed by atoms with Crippen molar-refractivity contribution >= 4 is 28.9 Å². The molecule has 9 nitrogen and oxygen atoms in total. The molecule has 48 heavy (non-hydrogen) atoms. The van der Waals surface area contributed by atoms with Gasteiger partial charge >= 0.3 is 0 Å². The highest BCUT2D eigenvalue weighted by molar-refractivity contribution is 5.94. The largest absolute Gasteiger partial charge is 0.397 e. The van der Waals surface area contributed by atoms with Gasteiger partial charge < -0.3 is 30.9 Å². The Bertz CT molecular complexity index is 1630. The lowest BCUT2D eigenvalue weighted by Gasteiger charge is -2.39. The summed E-state index contributed by atoms with van der Waals surface area (Å²) in [7, 11) is 2.11. The molecule has 5 rings (SSSR count). The van der Waals surface area contributed by atoms with Gasteiger partial charge in [0.2, 0.25) is 11.8 Å². The number of nitrogens with two attached hydrogens (primary N) is 1. The Morgan fingerprint density at radius 1 is 0.854 bits per heavy atom. The highest BCUT2D eigenvalue weighted by atomic mass is 16.7. The van der Waals surface area contributed by atoms with E-state index >= 15 is 0 Å². The van der Waals surface area contributed by atoms with Gasteiger partial charge in [-0.3, -0.25) is 14.5 Å². The maximum absolute atomic E-state index is 12.8. The zero-order valence-corrected chi connectivity index (χ0v) is 27.7. The minimum atomic E-state index is -0.638. The number of benzene rings is 4. The van der Waals surface area contributed by atoms with Crippen molar-refractivity contribution < 1.29 is 24.2 Å². The fraction of sp³-hybridized carbons (Fsp3) is 0.333. The second-order valence-corrected chi connectivity index (χ2v) is 12.4. The van der Waals surface area contributed by atoms with Crippen molar-refractivity contribution in [1.82, 2.24) is 4.90 Å². The van der Waals surface area contributed by atoms with Gasteiger partial charge in [0.25, 0.3) is 0 Å². The van der Waals surface area contributed by atoms with E-state index in [2.05, 4.69) is 53.8 Å². The van der Waals surface area contributed by atoms with Crippen LogP contribution >= 0.6 is 0 Å². The molecule has 4 atom stereocenters. The number of nitrogens with one attached hydrogen (secondary N) is 2. The highest BCUT2D eigenvalue weighted by Gasteiger charge is 2.33. The molecular weight excluding hydrogens is 604 g/mol. The SMILES string of the molecule is CC(c1ccccc1)N(C)CC1CC(c2ccc(CO)cc2)OC(c2cccc(NC(=O)CCCCC(=O)Nc3ccccc3N)c2)O1. The van der Waals surface area contributed by atoms with Gasteiger partial charge in [-0.25, -0.2) is 0 Å². The molecule has 0 radical (unpaired) electrons. The van der Waals surface area contributed by atoms with Gasteiger partial charge in [-0.15, -0.1) is 0 Å². The molecule has 1 saturated heterocycles. The van der Waals surface area contributed by atoms with Crippen LogP contribution in [-0.2, 0) is 25.7 Å². The highest BCUT2D eigenvalue weighted by Crippen LogP contribution is 2.39. The predicted octanol–water partition coefficient (Wildman–Crippen LogP) is 7.14. The van der Waals surface area contributed by atoms with E-state index in [-0.39, 0.29) is 36.7 Å². The summed E-state index contributed by atoms with van der Waals surface area (Å²) in [6.45, 7) is 2.88. The Hall–Kier alpha value is -4.54. The number of rotatable bonds is 14. The summed E-state index contributed by atoms with van der Waals surface area (Å²) >= 11 is 0. The van der Waals surface area contributed by atoms with Gasteiger partial charge in [0.1, 0.15) is 0 Å². The number of hydrogen-bond acceptors (Lipinski definition) is 7. The number of aliphatic hydroxyl groups is 1. The average Bonchev–Trinajstić information content (AvgIpc) is 3.11. The molecule has 0 bridgehead atoms. The number of unbranched alkanes of at least 4 members (excludes halogenated alkanes) is 1. The van der Waals surface area contributed by atoms with Crippen molar-refractivity contribution in [3.63, 3.8) is 0 Å². The third kappa shape index (κ3) is 9.74. The first kappa shape index (κ1) is 34.8. The number of aliphatic hydroxyl groups excluding tert-OH is 1. The van der Waals surface area contributed by atoms with Crippen LogP contribution in [0.1, 0.15) is 79.7 Å². The number of para-hydroxylation sites is 2. The van der Waals surface area contributed by atoms with Crippen LogP contribution in [-0.4, -0.2) is 41.5 Å². The minimum Gasteiger partial charge on any atom is -0.397 e. The standard InChI is InChI=1S/C39H46N4O5/c1-27(29-11-4-3-5-12-29)43(2)25-33-24-36(30-21-19-28(26-44)20-22-30)48-39(47-33)31-13-10-14-32(23-31)41-37(45)17-8-9-18-38(46)42-35-16-7-6-15-34(35)40/h3-7,10-16,19-23,27,33,36,39,44H,8-9,17-18,24-26,40H2,1-2H3,(H,41,45)(H,42,46). The van der Waals surface area contributed by atoms with Crippen LogP contribution in [0.5, 0.6) is 0 Å². The number of carbonyl (C=O) groups is 2. The van der Waals surface area contributed by atoms with E-state index in [1.807, 2.05) is 66.7 Å². The number of hydrogen-bond donors (Lipinski definition) is 4. The van der Waals surface area contributed by atoms with Gasteiger partial charge in [0.05, 0.1) is 30.2 Å². The lowest BCUT2D eigenvalue weighted by molar-refractivity contribution is -0.253. The Balaban J connectivity index is 1.19. The van der Waals surface area contributed by atoms with Crippen LogP contribution in [0.15, 0.2) is 103 Å². The predicted molar refractivity (Wildman–Crippen MR) is 189 cm³/mol. The number of likely N-dealkylation sites (N-methyl/N-ethyl adjacent to an activating group) is 1. The summed E-state index contributed by atoms with van der Waals surface area (Å²) < 4.78 is 13.1. The molecule has 1 heterocycles. The molecule has 1 aliphatic rings. The van der Waals surface area contributed by atoms with E-state index in [4.69, 9.17) is 15.2 Å². The summed E-state index contributed by atoms with van der Waals surface area (Å²) in [5, 5.41) is 15.3. The fourth-order valence-electron chi connectivity index (χ4n) is 5.88. The summed E-state index contributed by atoms with van der Waals surface area (Å²) in [6, 6.07) is 33.2. The van der Waals surface area contributed by atoms with Crippen molar-refractivity contribution in [3.8, 4) is 0 Å². The van der Waals surface area contributed by atoms with Crippen LogP contribution in [0.2, 0.25) is 0 Å². The molecule has 9 heteroatoms. The summed E-state index contributed by atoms with van der Waals surface area (Å²) in [6.07, 6.45) is 1.46. The minimum absolute atomic E-state index is 0.0139. The normalized spacial score (nSPS) is 18.3. The summed E-state index contributed by atoms with van der Waals surface area (Å²) in [5.74, 6) is -0.253. The van der Waals surface area contributed by atoms with Crippen LogP contribution in [0, 0.1) is 0 Å². The molecule has 0 saturated carbocycles. The van der Waals surface area contributed by atoms with E-state index < -0.39 is 6.29 Å². The molecule has 1 fully saturated rings. The first-order valence-electron chi connectivity index (χ1n) is 16.6. The third-order valence-corrected chi connectivity index (χ3v) is 8.78. The van der Waals surface area contributed by atoms with E-state index in [1.165, 1.54) is 5.56 Å². The number of carbonyl (C=O) groups excluding carboxylic acids is 2. The molecule has 4 unspecified atom stereocenters. The zero-order valence-electron chi connectivity index (χ0n) is 27.7. The molecule has 5 N–H and O–H groups in total. The second-order valence-electron chi connectivity index (χ2n) is 12.4. The maximum atomic E-state index is 12.8. The van der Waals surface area contributed by atoms with E-state index in [9.17, 15) is 14.7 Å². The number of nitrogens with zero attached hydrogens (tertiary/aromatic N) is 1. The number of anilines is 3. The third-order valence-electron chi connectivity index (χ3n) is 8.78. The molecule has 0 aliphatic carbocycles. The molecule has 0 aromatic heterocycles. The Morgan fingerprint density at radius 2 is 1.54 bits per heavy atom.